The van der Waals surface area contributed by atoms with Gasteiger partial charge in [0.2, 0.25) is 5.88 Å². The van der Waals surface area contributed by atoms with Gasteiger partial charge < -0.3 is 4.74 Å². The fourth-order valence-electron chi connectivity index (χ4n) is 3.59. The summed E-state index contributed by atoms with van der Waals surface area (Å²) in [6.07, 6.45) is 0. The van der Waals surface area contributed by atoms with Crippen molar-refractivity contribution < 1.29 is 14.3 Å². The summed E-state index contributed by atoms with van der Waals surface area (Å²) in [5, 5.41) is 7.50. The molecule has 0 amide bonds. The van der Waals surface area contributed by atoms with E-state index in [-0.39, 0.29) is 23.7 Å². The van der Waals surface area contributed by atoms with Crippen molar-refractivity contribution in [3.8, 4) is 5.88 Å². The summed E-state index contributed by atoms with van der Waals surface area (Å²) in [5.41, 5.74) is 2.04. The van der Waals surface area contributed by atoms with Crippen molar-refractivity contribution in [2.24, 2.45) is 0 Å². The lowest BCUT2D eigenvalue weighted by Gasteiger charge is -2.18. The summed E-state index contributed by atoms with van der Waals surface area (Å²) >= 11 is 0. The Hall–Kier alpha value is -4.06. The summed E-state index contributed by atoms with van der Waals surface area (Å²) in [6.45, 7) is 0.138. The van der Waals surface area contributed by atoms with Crippen molar-refractivity contribution in [2.75, 3.05) is 0 Å². The van der Waals surface area contributed by atoms with Gasteiger partial charge in [-0.05, 0) is 29.8 Å². The maximum absolute atomic E-state index is 12.8. The molecule has 0 aliphatic heterocycles. The van der Waals surface area contributed by atoms with E-state index in [9.17, 15) is 14.4 Å². The Balaban J connectivity index is 1.48. The number of aromatic nitrogens is 2. The summed E-state index contributed by atoms with van der Waals surface area (Å²) in [7, 11) is 0. The third-order valence-electron chi connectivity index (χ3n) is 5.03. The third kappa shape index (κ3) is 2.73. The Kier molecular flexibility index (Phi) is 3.84. The van der Waals surface area contributed by atoms with Crippen molar-refractivity contribution in [1.82, 2.24) is 10.2 Å². The molecule has 6 nitrogen and oxygen atoms in total. The second-order valence-electron chi connectivity index (χ2n) is 6.78. The van der Waals surface area contributed by atoms with Gasteiger partial charge in [0.1, 0.15) is 6.61 Å². The molecule has 0 bridgehead atoms. The molecule has 0 fully saturated rings. The van der Waals surface area contributed by atoms with Crippen LogP contribution in [0.3, 0.4) is 0 Å². The molecule has 1 aliphatic carbocycles. The number of ether oxygens (including phenoxy) is 1. The largest absolute Gasteiger partial charge is 0.471 e. The van der Waals surface area contributed by atoms with Crippen molar-refractivity contribution in [3.05, 3.63) is 105 Å². The van der Waals surface area contributed by atoms with E-state index in [1.807, 2.05) is 0 Å². The molecule has 1 aliphatic rings. The fourth-order valence-corrected chi connectivity index (χ4v) is 3.59. The van der Waals surface area contributed by atoms with Crippen LogP contribution in [0.5, 0.6) is 5.88 Å². The Morgan fingerprint density at radius 3 is 2.10 bits per heavy atom. The first-order chi connectivity index (χ1) is 14.1. The van der Waals surface area contributed by atoms with Crippen LogP contribution in [0.4, 0.5) is 0 Å². The van der Waals surface area contributed by atoms with E-state index < -0.39 is 0 Å². The van der Waals surface area contributed by atoms with Crippen LogP contribution in [0, 0.1) is 0 Å². The molecule has 140 valence electrons. The number of hydrogen-bond donors (Lipinski definition) is 1. The van der Waals surface area contributed by atoms with Gasteiger partial charge in [-0.25, -0.2) is 5.10 Å². The molecule has 6 heteroatoms. The maximum Gasteiger partial charge on any atom is 0.272 e. The number of hydrogen-bond acceptors (Lipinski definition) is 5. The minimum absolute atomic E-state index is 0.138. The topological polar surface area (TPSA) is 89.1 Å². The van der Waals surface area contributed by atoms with Gasteiger partial charge in [0.05, 0.1) is 10.8 Å². The average molecular weight is 382 g/mol. The number of carbonyl (C=O) groups is 2. The first-order valence-electron chi connectivity index (χ1n) is 9.05. The van der Waals surface area contributed by atoms with E-state index >= 15 is 0 Å². The summed E-state index contributed by atoms with van der Waals surface area (Å²) < 4.78 is 5.81. The van der Waals surface area contributed by atoms with Crippen LogP contribution in [-0.2, 0) is 6.61 Å². The van der Waals surface area contributed by atoms with Gasteiger partial charge in [0.15, 0.2) is 11.6 Å². The minimum Gasteiger partial charge on any atom is -0.471 e. The number of aromatic amines is 1. The lowest BCUT2D eigenvalue weighted by Crippen LogP contribution is -2.21. The monoisotopic (exact) mass is 382 g/mol. The van der Waals surface area contributed by atoms with Gasteiger partial charge in [-0.15, -0.1) is 5.10 Å². The van der Waals surface area contributed by atoms with E-state index in [0.29, 0.717) is 38.9 Å². The smallest absolute Gasteiger partial charge is 0.272 e. The molecule has 0 unspecified atom stereocenters. The number of carbonyl (C=O) groups excluding carboxylic acids is 2. The van der Waals surface area contributed by atoms with Crippen molar-refractivity contribution in [3.63, 3.8) is 0 Å². The van der Waals surface area contributed by atoms with E-state index in [1.165, 1.54) is 0 Å². The Morgan fingerprint density at radius 1 is 0.724 bits per heavy atom. The van der Waals surface area contributed by atoms with Gasteiger partial charge in [-0.3, -0.25) is 14.4 Å². The number of nitrogens with zero attached hydrogens (tertiary/aromatic N) is 1. The number of ketones is 2. The van der Waals surface area contributed by atoms with Gasteiger partial charge in [-0.1, -0.05) is 42.5 Å². The van der Waals surface area contributed by atoms with Crippen LogP contribution >= 0.6 is 0 Å². The standard InChI is InChI=1S/C23H14N2O4/c26-20-14-5-1-2-6-15(14)21(27)19-11-13(9-10-16(19)20)12-29-23-18-8-4-3-7-17(18)22(28)24-25-23/h1-11H,12H2,(H,24,28). The molecule has 1 N–H and O–H groups in total. The molecule has 1 heterocycles. The highest BCUT2D eigenvalue weighted by Gasteiger charge is 2.29. The zero-order valence-corrected chi connectivity index (χ0v) is 15.1. The molecular weight excluding hydrogens is 368 g/mol. The van der Waals surface area contributed by atoms with Crippen LogP contribution in [0.2, 0.25) is 0 Å². The average Bonchev–Trinajstić information content (AvgIpc) is 2.77. The lowest BCUT2D eigenvalue weighted by molar-refractivity contribution is 0.0979. The number of nitrogens with one attached hydrogen (secondary N) is 1. The molecule has 0 atom stereocenters. The van der Waals surface area contributed by atoms with Crippen LogP contribution in [0.15, 0.2) is 71.5 Å². The van der Waals surface area contributed by atoms with Crippen molar-refractivity contribution >= 4 is 22.3 Å². The molecule has 0 saturated heterocycles. The third-order valence-corrected chi connectivity index (χ3v) is 5.03. The molecule has 0 saturated carbocycles. The predicted octanol–water partition coefficient (Wildman–Crippen LogP) is 3.28. The van der Waals surface area contributed by atoms with Gasteiger partial charge >= 0.3 is 0 Å². The number of rotatable bonds is 3. The van der Waals surface area contributed by atoms with E-state index in [0.717, 1.165) is 5.56 Å². The molecule has 3 aromatic carbocycles. The number of H-pyrrole nitrogens is 1. The minimum atomic E-state index is -0.287. The van der Waals surface area contributed by atoms with Crippen LogP contribution in [0.1, 0.15) is 37.4 Å². The molecular formula is C23H14N2O4. The summed E-state index contributed by atoms with van der Waals surface area (Å²) in [4.78, 5) is 37.4. The van der Waals surface area contributed by atoms with Crippen molar-refractivity contribution in [1.29, 1.82) is 0 Å². The first-order valence-corrected chi connectivity index (χ1v) is 9.05. The quantitative estimate of drug-likeness (QED) is 0.517. The normalized spacial score (nSPS) is 12.6. The molecule has 4 aromatic rings. The maximum atomic E-state index is 12.8. The van der Waals surface area contributed by atoms with Crippen molar-refractivity contribution in [2.45, 2.75) is 6.61 Å². The zero-order chi connectivity index (χ0) is 20.0. The Morgan fingerprint density at radius 2 is 1.34 bits per heavy atom. The zero-order valence-electron chi connectivity index (χ0n) is 15.1. The fraction of sp³-hybridized carbons (Fsp3) is 0.0435. The van der Waals surface area contributed by atoms with Crippen LogP contribution < -0.4 is 10.3 Å². The molecule has 0 radical (unpaired) electrons. The van der Waals surface area contributed by atoms with Gasteiger partial charge in [0, 0.05) is 22.3 Å². The highest BCUT2D eigenvalue weighted by atomic mass is 16.5. The van der Waals surface area contributed by atoms with Gasteiger partial charge in [0.25, 0.3) is 5.56 Å². The lowest BCUT2D eigenvalue weighted by atomic mass is 9.83. The Labute approximate surface area is 164 Å². The molecule has 0 spiro atoms. The second kappa shape index (κ2) is 6.53. The highest BCUT2D eigenvalue weighted by Crippen LogP contribution is 2.28. The molecule has 5 rings (SSSR count). The summed E-state index contributed by atoms with van der Waals surface area (Å²) in [5.74, 6) is -0.0358. The summed E-state index contributed by atoms with van der Waals surface area (Å²) in [6, 6.07) is 19.0. The highest BCUT2D eigenvalue weighted by molar-refractivity contribution is 6.28. The van der Waals surface area contributed by atoms with E-state index in [2.05, 4.69) is 10.2 Å². The van der Waals surface area contributed by atoms with E-state index in [1.54, 1.807) is 66.7 Å². The Bertz CT molecular complexity index is 1370. The number of benzene rings is 3. The number of fused-ring (bicyclic) bond motifs is 3. The molecule has 29 heavy (non-hydrogen) atoms. The van der Waals surface area contributed by atoms with Gasteiger partial charge in [-0.2, -0.15) is 0 Å². The van der Waals surface area contributed by atoms with E-state index in [4.69, 9.17) is 4.74 Å². The second-order valence-corrected chi connectivity index (χ2v) is 6.78. The molecule has 1 aromatic heterocycles. The predicted molar refractivity (Wildman–Crippen MR) is 106 cm³/mol. The first kappa shape index (κ1) is 17.1. The SMILES string of the molecule is O=C1c2ccccc2C(=O)c2cc(COc3n[nH]c(=O)c4ccccc34)ccc21. The van der Waals surface area contributed by atoms with Crippen LogP contribution in [-0.4, -0.2) is 21.8 Å². The van der Waals surface area contributed by atoms with Crippen LogP contribution in [0.25, 0.3) is 10.8 Å².